The zero-order valence-electron chi connectivity index (χ0n) is 10.5. The van der Waals surface area contributed by atoms with E-state index >= 15 is 0 Å². The Morgan fingerprint density at radius 3 is 3.00 bits per heavy atom. The highest BCUT2D eigenvalue weighted by Crippen LogP contribution is 2.18. The fourth-order valence-electron chi connectivity index (χ4n) is 1.83. The van der Waals surface area contributed by atoms with Crippen LogP contribution in [-0.4, -0.2) is 30.9 Å². The number of amides is 1. The van der Waals surface area contributed by atoms with Gasteiger partial charge in [0.05, 0.1) is 23.6 Å². The first-order valence-electron chi connectivity index (χ1n) is 5.74. The average Bonchev–Trinajstić information content (AvgIpc) is 2.97. The van der Waals surface area contributed by atoms with Gasteiger partial charge in [0.1, 0.15) is 0 Å². The van der Waals surface area contributed by atoms with Crippen molar-refractivity contribution < 1.29 is 4.79 Å². The highest BCUT2D eigenvalue weighted by atomic mass is 16.1. The number of hydrogen-bond donors (Lipinski definition) is 2. The van der Waals surface area contributed by atoms with Crippen molar-refractivity contribution in [3.8, 4) is 0 Å². The molecule has 3 rings (SSSR count). The van der Waals surface area contributed by atoms with Crippen LogP contribution < -0.4 is 5.32 Å². The first-order valence-corrected chi connectivity index (χ1v) is 5.74. The van der Waals surface area contributed by atoms with Gasteiger partial charge < -0.3 is 5.32 Å². The molecule has 0 bridgehead atoms. The van der Waals surface area contributed by atoms with Crippen LogP contribution in [0.3, 0.4) is 0 Å². The molecule has 0 unspecified atom stereocenters. The molecule has 96 valence electrons. The van der Waals surface area contributed by atoms with Crippen molar-refractivity contribution in [2.45, 2.75) is 6.92 Å². The fraction of sp³-hybridized carbons (Fsp3) is 0.167. The molecular formula is C12H12N6O. The van der Waals surface area contributed by atoms with Gasteiger partial charge in [-0.3, -0.25) is 14.6 Å². The quantitative estimate of drug-likeness (QED) is 0.722. The maximum absolute atomic E-state index is 12.0. The van der Waals surface area contributed by atoms with Crippen LogP contribution in [0.5, 0.6) is 0 Å². The number of rotatable bonds is 2. The molecule has 3 heterocycles. The monoisotopic (exact) mass is 256 g/mol. The number of pyridine rings is 1. The van der Waals surface area contributed by atoms with E-state index in [1.165, 1.54) is 6.20 Å². The maximum atomic E-state index is 12.0. The predicted octanol–water partition coefficient (Wildman–Crippen LogP) is 1.25. The molecular weight excluding hydrogens is 244 g/mol. The van der Waals surface area contributed by atoms with E-state index in [4.69, 9.17) is 0 Å². The molecule has 0 atom stereocenters. The van der Waals surface area contributed by atoms with E-state index in [0.29, 0.717) is 16.9 Å². The summed E-state index contributed by atoms with van der Waals surface area (Å²) in [6.45, 7) is 1.91. The van der Waals surface area contributed by atoms with Crippen LogP contribution in [0.1, 0.15) is 16.1 Å². The maximum Gasteiger partial charge on any atom is 0.258 e. The van der Waals surface area contributed by atoms with Crippen LogP contribution in [0, 0.1) is 6.92 Å². The summed E-state index contributed by atoms with van der Waals surface area (Å²) in [5, 5.41) is 14.5. The Balaban J connectivity index is 1.88. The van der Waals surface area contributed by atoms with Gasteiger partial charge in [-0.1, -0.05) is 0 Å². The molecule has 0 spiro atoms. The average molecular weight is 256 g/mol. The summed E-state index contributed by atoms with van der Waals surface area (Å²) in [6, 6.07) is 1.84. The molecule has 1 amide bonds. The zero-order chi connectivity index (χ0) is 13.4. The van der Waals surface area contributed by atoms with E-state index in [1.807, 2.05) is 13.0 Å². The number of aryl methyl sites for hydroxylation is 2. The van der Waals surface area contributed by atoms with Crippen LogP contribution >= 0.6 is 0 Å². The van der Waals surface area contributed by atoms with Crippen LogP contribution in [0.4, 0.5) is 5.69 Å². The minimum Gasteiger partial charge on any atom is -0.320 e. The van der Waals surface area contributed by atoms with E-state index in [9.17, 15) is 4.79 Å². The summed E-state index contributed by atoms with van der Waals surface area (Å²) in [4.78, 5) is 16.1. The molecule has 0 aliphatic rings. The van der Waals surface area contributed by atoms with Crippen LogP contribution in [0.2, 0.25) is 0 Å². The van der Waals surface area contributed by atoms with Crippen molar-refractivity contribution in [1.29, 1.82) is 0 Å². The third kappa shape index (κ3) is 2.05. The Labute approximate surface area is 108 Å². The van der Waals surface area contributed by atoms with Gasteiger partial charge in [0.15, 0.2) is 5.65 Å². The summed E-state index contributed by atoms with van der Waals surface area (Å²) in [6.07, 6.45) is 4.76. The Morgan fingerprint density at radius 2 is 2.26 bits per heavy atom. The second-order valence-corrected chi connectivity index (χ2v) is 4.30. The topological polar surface area (TPSA) is 88.5 Å². The normalized spacial score (nSPS) is 10.8. The van der Waals surface area contributed by atoms with Crippen LogP contribution in [0.25, 0.3) is 11.0 Å². The van der Waals surface area contributed by atoms with Crippen molar-refractivity contribution in [3.63, 3.8) is 0 Å². The minimum atomic E-state index is -0.213. The molecule has 3 aromatic rings. The third-order valence-corrected chi connectivity index (χ3v) is 2.83. The number of hydrogen-bond acceptors (Lipinski definition) is 4. The molecule has 0 aliphatic carbocycles. The molecule has 0 radical (unpaired) electrons. The van der Waals surface area contributed by atoms with Gasteiger partial charge in [-0.15, -0.1) is 0 Å². The molecule has 0 saturated heterocycles. The number of carbonyl (C=O) groups is 1. The summed E-state index contributed by atoms with van der Waals surface area (Å²) < 4.78 is 1.58. The summed E-state index contributed by atoms with van der Waals surface area (Å²) in [5.41, 5.74) is 2.69. The number of carbonyl (C=O) groups excluding carboxylic acids is 1. The molecule has 0 saturated carbocycles. The molecule has 7 nitrogen and oxygen atoms in total. The Morgan fingerprint density at radius 1 is 1.42 bits per heavy atom. The van der Waals surface area contributed by atoms with Gasteiger partial charge in [0.2, 0.25) is 0 Å². The number of nitrogens with one attached hydrogen (secondary N) is 2. The number of aromatic nitrogens is 5. The van der Waals surface area contributed by atoms with Gasteiger partial charge in [-0.05, 0) is 13.0 Å². The number of H-pyrrole nitrogens is 1. The smallest absolute Gasteiger partial charge is 0.258 e. The molecule has 3 aromatic heterocycles. The van der Waals surface area contributed by atoms with E-state index in [2.05, 4.69) is 25.6 Å². The van der Waals surface area contributed by atoms with Gasteiger partial charge in [0.25, 0.3) is 5.91 Å². The van der Waals surface area contributed by atoms with Crippen molar-refractivity contribution >= 4 is 22.6 Å². The number of aromatic amines is 1. The van der Waals surface area contributed by atoms with Gasteiger partial charge in [-0.25, -0.2) is 4.98 Å². The minimum absolute atomic E-state index is 0.213. The van der Waals surface area contributed by atoms with Crippen LogP contribution in [0.15, 0.2) is 24.7 Å². The SMILES string of the molecule is Cc1[nH]nc2ncc(NC(=O)c3cnn(C)c3)cc12. The number of nitrogens with zero attached hydrogens (tertiary/aromatic N) is 4. The zero-order valence-corrected chi connectivity index (χ0v) is 10.5. The van der Waals surface area contributed by atoms with Crippen molar-refractivity contribution in [2.75, 3.05) is 5.32 Å². The molecule has 2 N–H and O–H groups in total. The van der Waals surface area contributed by atoms with Crippen molar-refractivity contribution in [1.82, 2.24) is 25.0 Å². The summed E-state index contributed by atoms with van der Waals surface area (Å²) in [5.74, 6) is -0.213. The Kier molecular flexibility index (Phi) is 2.52. The van der Waals surface area contributed by atoms with Crippen molar-refractivity contribution in [2.24, 2.45) is 7.05 Å². The standard InChI is InChI=1S/C12H12N6O/c1-7-10-3-9(5-13-11(10)17-16-7)15-12(19)8-4-14-18(2)6-8/h3-6H,1-2H3,(H,15,19)(H,13,16,17). The molecule has 7 heteroatoms. The number of anilines is 1. The highest BCUT2D eigenvalue weighted by Gasteiger charge is 2.10. The Bertz CT molecular complexity index is 757. The number of fused-ring (bicyclic) bond motifs is 1. The van der Waals surface area contributed by atoms with Gasteiger partial charge in [0, 0.05) is 24.3 Å². The molecule has 0 aliphatic heterocycles. The Hall–Kier alpha value is -2.70. The highest BCUT2D eigenvalue weighted by molar-refractivity contribution is 6.04. The van der Waals surface area contributed by atoms with Gasteiger partial charge in [-0.2, -0.15) is 10.2 Å². The first kappa shape index (κ1) is 11.4. The molecule has 0 fully saturated rings. The summed E-state index contributed by atoms with van der Waals surface area (Å²) >= 11 is 0. The largest absolute Gasteiger partial charge is 0.320 e. The van der Waals surface area contributed by atoms with Gasteiger partial charge >= 0.3 is 0 Å². The molecule has 19 heavy (non-hydrogen) atoms. The fourth-order valence-corrected chi connectivity index (χ4v) is 1.83. The van der Waals surface area contributed by atoms with E-state index in [0.717, 1.165) is 11.1 Å². The lowest BCUT2D eigenvalue weighted by atomic mass is 10.2. The lowest BCUT2D eigenvalue weighted by Crippen LogP contribution is -2.11. The lowest BCUT2D eigenvalue weighted by Gasteiger charge is -2.02. The first-order chi connectivity index (χ1) is 9.13. The van der Waals surface area contributed by atoms with Crippen molar-refractivity contribution in [3.05, 3.63) is 35.9 Å². The summed E-state index contributed by atoms with van der Waals surface area (Å²) in [7, 11) is 1.76. The second kappa shape index (κ2) is 4.20. The van der Waals surface area contributed by atoms with E-state index in [-0.39, 0.29) is 5.91 Å². The predicted molar refractivity (Wildman–Crippen MR) is 69.8 cm³/mol. The van der Waals surface area contributed by atoms with E-state index in [1.54, 1.807) is 24.1 Å². The molecule has 0 aromatic carbocycles. The van der Waals surface area contributed by atoms with Crippen LogP contribution in [-0.2, 0) is 7.05 Å². The van der Waals surface area contributed by atoms with E-state index < -0.39 is 0 Å². The lowest BCUT2D eigenvalue weighted by molar-refractivity contribution is 0.102. The second-order valence-electron chi connectivity index (χ2n) is 4.30. The third-order valence-electron chi connectivity index (χ3n) is 2.83.